The van der Waals surface area contributed by atoms with Gasteiger partial charge in [-0.05, 0) is 68.4 Å². The highest BCUT2D eigenvalue weighted by molar-refractivity contribution is 6.10. The maximum absolute atomic E-state index is 6.52. The molecule has 220 valence electrons. The van der Waals surface area contributed by atoms with E-state index >= 15 is 0 Å². The van der Waals surface area contributed by atoms with E-state index in [2.05, 4.69) is 119 Å². The molecule has 9 aromatic rings. The van der Waals surface area contributed by atoms with Crippen LogP contribution in [-0.2, 0) is 0 Å². The molecular weight excluding hydrogens is 566 g/mol. The molecule has 0 N–H and O–H groups in total. The van der Waals surface area contributed by atoms with E-state index in [4.69, 9.17) is 9.84 Å². The summed E-state index contributed by atoms with van der Waals surface area (Å²) in [5.41, 5.74) is 8.55. The third-order valence-corrected chi connectivity index (χ3v) is 8.88. The lowest BCUT2D eigenvalue weighted by molar-refractivity contribution is 0.482. The van der Waals surface area contributed by atoms with Crippen LogP contribution in [0.5, 0.6) is 11.5 Å². The lowest BCUT2D eigenvalue weighted by Gasteiger charge is -2.11. The van der Waals surface area contributed by atoms with Gasteiger partial charge in [-0.15, -0.1) is 0 Å². The van der Waals surface area contributed by atoms with Crippen LogP contribution in [0.15, 0.2) is 140 Å². The predicted octanol–water partition coefficient (Wildman–Crippen LogP) is 9.87. The second-order valence-corrected chi connectivity index (χ2v) is 11.6. The van der Waals surface area contributed by atoms with Crippen molar-refractivity contribution in [2.24, 2.45) is 0 Å². The number of aryl methyl sites for hydroxylation is 1. The molecule has 0 spiro atoms. The number of aromatic nitrogens is 5. The number of hydrogen-bond donors (Lipinski definition) is 0. The number of fused-ring (bicyclic) bond motifs is 6. The minimum atomic E-state index is 0.739. The third kappa shape index (κ3) is 3.97. The standard InChI is InChI=1S/C40H29N5O/c1-26-40(44-36-18-7-4-14-31(36)32-15-5-8-19-37(32)44)27(2)45(42-26)28-12-11-13-29(24-28)46-30-21-22-34-33-16-3-6-17-35(33)43(38(34)25-30)39-20-9-10-23-41-39/h3-25H,1-2H3. The lowest BCUT2D eigenvalue weighted by Crippen LogP contribution is -2.01. The molecule has 0 radical (unpaired) electrons. The van der Waals surface area contributed by atoms with E-state index in [0.717, 1.165) is 56.5 Å². The molecule has 0 saturated carbocycles. The Morgan fingerprint density at radius 2 is 1.13 bits per heavy atom. The Hall–Kier alpha value is -6.14. The Labute approximate surface area is 265 Å². The van der Waals surface area contributed by atoms with Gasteiger partial charge in [0, 0.05) is 39.9 Å². The smallest absolute Gasteiger partial charge is 0.137 e. The average Bonchev–Trinajstić information content (AvgIpc) is 3.71. The van der Waals surface area contributed by atoms with Gasteiger partial charge in [0.25, 0.3) is 0 Å². The largest absolute Gasteiger partial charge is 0.457 e. The first-order valence-electron chi connectivity index (χ1n) is 15.4. The van der Waals surface area contributed by atoms with Gasteiger partial charge >= 0.3 is 0 Å². The first kappa shape index (κ1) is 26.3. The van der Waals surface area contributed by atoms with Crippen LogP contribution in [0.3, 0.4) is 0 Å². The number of rotatable bonds is 5. The molecule has 0 unspecified atom stereocenters. The lowest BCUT2D eigenvalue weighted by atomic mass is 10.1. The van der Waals surface area contributed by atoms with E-state index in [0.29, 0.717) is 0 Å². The minimum Gasteiger partial charge on any atom is -0.457 e. The van der Waals surface area contributed by atoms with Crippen LogP contribution >= 0.6 is 0 Å². The maximum Gasteiger partial charge on any atom is 0.137 e. The summed E-state index contributed by atoms with van der Waals surface area (Å²) in [6.45, 7) is 4.22. The summed E-state index contributed by atoms with van der Waals surface area (Å²) in [5, 5.41) is 9.85. The molecule has 4 heterocycles. The van der Waals surface area contributed by atoms with Crippen molar-refractivity contribution in [1.29, 1.82) is 0 Å². The summed E-state index contributed by atoms with van der Waals surface area (Å²) < 4.78 is 13.1. The van der Waals surface area contributed by atoms with Gasteiger partial charge in [0.1, 0.15) is 17.3 Å². The van der Waals surface area contributed by atoms with Crippen molar-refractivity contribution >= 4 is 43.6 Å². The number of pyridine rings is 1. The highest BCUT2D eigenvalue weighted by Crippen LogP contribution is 2.37. The summed E-state index contributed by atoms with van der Waals surface area (Å²) in [4.78, 5) is 4.66. The average molecular weight is 596 g/mol. The Morgan fingerprint density at radius 1 is 0.522 bits per heavy atom. The van der Waals surface area contributed by atoms with E-state index in [9.17, 15) is 0 Å². The van der Waals surface area contributed by atoms with Gasteiger partial charge in [-0.2, -0.15) is 5.10 Å². The first-order chi connectivity index (χ1) is 22.7. The van der Waals surface area contributed by atoms with Gasteiger partial charge in [0.05, 0.1) is 44.8 Å². The Bertz CT molecular complexity index is 2540. The zero-order chi connectivity index (χ0) is 30.8. The molecule has 9 rings (SSSR count). The molecule has 4 aromatic heterocycles. The highest BCUT2D eigenvalue weighted by Gasteiger charge is 2.20. The molecular formula is C40H29N5O. The highest BCUT2D eigenvalue weighted by atomic mass is 16.5. The molecule has 46 heavy (non-hydrogen) atoms. The Kier molecular flexibility index (Phi) is 5.83. The number of nitrogens with zero attached hydrogens (tertiary/aromatic N) is 5. The zero-order valence-corrected chi connectivity index (χ0v) is 25.4. The van der Waals surface area contributed by atoms with Crippen LogP contribution in [0.4, 0.5) is 0 Å². The molecule has 5 aromatic carbocycles. The van der Waals surface area contributed by atoms with Crippen molar-refractivity contribution < 1.29 is 4.74 Å². The topological polar surface area (TPSA) is 49.8 Å². The minimum absolute atomic E-state index is 0.739. The van der Waals surface area contributed by atoms with Crippen molar-refractivity contribution in [2.45, 2.75) is 13.8 Å². The Morgan fingerprint density at radius 3 is 1.80 bits per heavy atom. The monoisotopic (exact) mass is 595 g/mol. The second kappa shape index (κ2) is 10.2. The zero-order valence-electron chi connectivity index (χ0n) is 25.4. The van der Waals surface area contributed by atoms with Gasteiger partial charge < -0.3 is 9.30 Å². The fourth-order valence-corrected chi connectivity index (χ4v) is 6.93. The molecule has 0 fully saturated rings. The summed E-state index contributed by atoms with van der Waals surface area (Å²) >= 11 is 0. The SMILES string of the molecule is Cc1nn(-c2cccc(Oc3ccc4c5ccccc5n(-c5ccccn5)c4c3)c2)c(C)c1-n1c2ccccc2c2ccccc21. The second-order valence-electron chi connectivity index (χ2n) is 11.6. The molecule has 0 atom stereocenters. The van der Waals surface area contributed by atoms with E-state index in [1.165, 1.54) is 27.2 Å². The van der Waals surface area contributed by atoms with Crippen molar-refractivity contribution in [2.75, 3.05) is 0 Å². The molecule has 0 aliphatic heterocycles. The van der Waals surface area contributed by atoms with E-state index < -0.39 is 0 Å². The predicted molar refractivity (Wildman–Crippen MR) is 186 cm³/mol. The van der Waals surface area contributed by atoms with Gasteiger partial charge in [-0.1, -0.05) is 66.7 Å². The number of para-hydroxylation sites is 3. The van der Waals surface area contributed by atoms with Gasteiger partial charge in [0.15, 0.2) is 0 Å². The van der Waals surface area contributed by atoms with E-state index in [1.54, 1.807) is 0 Å². The quantitative estimate of drug-likeness (QED) is 0.199. The third-order valence-electron chi connectivity index (χ3n) is 8.88. The molecule has 6 nitrogen and oxygen atoms in total. The fourth-order valence-electron chi connectivity index (χ4n) is 6.93. The summed E-state index contributed by atoms with van der Waals surface area (Å²) in [5.74, 6) is 2.36. The summed E-state index contributed by atoms with van der Waals surface area (Å²) in [6, 6.07) is 46.0. The van der Waals surface area contributed by atoms with E-state index in [-0.39, 0.29) is 0 Å². The van der Waals surface area contributed by atoms with E-state index in [1.807, 2.05) is 53.3 Å². The maximum atomic E-state index is 6.52. The number of hydrogen-bond acceptors (Lipinski definition) is 3. The molecule has 0 saturated heterocycles. The fraction of sp³-hybridized carbons (Fsp3) is 0.0500. The molecule has 0 amide bonds. The van der Waals surface area contributed by atoms with Crippen molar-refractivity contribution in [3.05, 3.63) is 151 Å². The van der Waals surface area contributed by atoms with Crippen molar-refractivity contribution in [3.63, 3.8) is 0 Å². The van der Waals surface area contributed by atoms with Crippen LogP contribution in [0, 0.1) is 13.8 Å². The van der Waals surface area contributed by atoms with Gasteiger partial charge in [0.2, 0.25) is 0 Å². The van der Waals surface area contributed by atoms with Crippen molar-refractivity contribution in [3.8, 4) is 28.7 Å². The number of benzene rings is 5. The summed E-state index contributed by atoms with van der Waals surface area (Å²) in [7, 11) is 0. The Balaban J connectivity index is 1.13. The van der Waals surface area contributed by atoms with Crippen LogP contribution < -0.4 is 4.74 Å². The van der Waals surface area contributed by atoms with Crippen LogP contribution in [0.2, 0.25) is 0 Å². The molecule has 0 bridgehead atoms. The van der Waals surface area contributed by atoms with Crippen LogP contribution in [-0.4, -0.2) is 23.9 Å². The van der Waals surface area contributed by atoms with Gasteiger partial charge in [-0.25, -0.2) is 9.67 Å². The summed E-state index contributed by atoms with van der Waals surface area (Å²) in [6.07, 6.45) is 1.83. The van der Waals surface area contributed by atoms with Crippen LogP contribution in [0.1, 0.15) is 11.4 Å². The van der Waals surface area contributed by atoms with Gasteiger partial charge in [-0.3, -0.25) is 4.57 Å². The molecule has 6 heteroatoms. The number of ether oxygens (including phenoxy) is 1. The van der Waals surface area contributed by atoms with Crippen LogP contribution in [0.25, 0.3) is 60.8 Å². The molecule has 0 aliphatic rings. The first-order valence-corrected chi connectivity index (χ1v) is 15.4. The normalized spacial score (nSPS) is 11.7. The molecule has 0 aliphatic carbocycles. The van der Waals surface area contributed by atoms with Crippen molar-refractivity contribution in [1.82, 2.24) is 23.9 Å².